The lowest BCUT2D eigenvalue weighted by molar-refractivity contribution is 0.195. The summed E-state index contributed by atoms with van der Waals surface area (Å²) < 4.78 is 0. The average Bonchev–Trinajstić information content (AvgIpc) is 0.769. The zero-order valence-corrected chi connectivity index (χ0v) is 60.2. The Labute approximate surface area is 573 Å². The van der Waals surface area contributed by atoms with Crippen molar-refractivity contribution in [3.05, 3.63) is 289 Å². The van der Waals surface area contributed by atoms with E-state index in [1.165, 1.54) is 169 Å². The molecule has 480 valence electrons. The molecule has 96 heavy (non-hydrogen) atoms. The molecule has 3 heterocycles. The predicted octanol–water partition coefficient (Wildman–Crippen LogP) is 21.4. The molecule has 5 aliphatic carbocycles. The number of fused-ring (bicyclic) bond motifs is 15. The van der Waals surface area contributed by atoms with Gasteiger partial charge in [-0.05, 0) is 185 Å². The van der Waals surface area contributed by atoms with Crippen LogP contribution in [0.1, 0.15) is 245 Å². The second-order valence-corrected chi connectivity index (χ2v) is 35.2. The molecule has 0 saturated heterocycles. The van der Waals surface area contributed by atoms with E-state index in [0.29, 0.717) is 0 Å². The van der Waals surface area contributed by atoms with Crippen LogP contribution < -0.4 is 31.1 Å². The molecule has 1 saturated carbocycles. The van der Waals surface area contributed by atoms with Gasteiger partial charge < -0.3 is 14.7 Å². The van der Waals surface area contributed by atoms with Gasteiger partial charge in [-0.1, -0.05) is 270 Å². The Balaban J connectivity index is 1.01. The van der Waals surface area contributed by atoms with Crippen LogP contribution in [-0.2, 0) is 48.7 Å². The number of rotatable bonds is 3. The van der Waals surface area contributed by atoms with Gasteiger partial charge >= 0.3 is 0 Å². The quantitative estimate of drug-likeness (QED) is 0.163. The van der Waals surface area contributed by atoms with Crippen LogP contribution in [0.25, 0.3) is 0 Å². The summed E-state index contributed by atoms with van der Waals surface area (Å²) in [5.74, 6) is 0. The van der Waals surface area contributed by atoms with E-state index in [2.05, 4.69) is 333 Å². The van der Waals surface area contributed by atoms with Crippen LogP contribution in [0.2, 0.25) is 0 Å². The molecule has 3 nitrogen and oxygen atoms in total. The van der Waals surface area contributed by atoms with Gasteiger partial charge in [-0.25, -0.2) is 0 Å². The Morgan fingerprint density at radius 1 is 0.250 bits per heavy atom. The Hall–Kier alpha value is -8.34. The lowest BCUT2D eigenvalue weighted by Gasteiger charge is -2.52. The average molecular weight is 1250 g/mol. The van der Waals surface area contributed by atoms with Crippen LogP contribution >= 0.6 is 0 Å². The number of para-hydroxylation sites is 1. The molecule has 1 fully saturated rings. The van der Waals surface area contributed by atoms with Crippen molar-refractivity contribution in [2.45, 2.75) is 205 Å². The summed E-state index contributed by atoms with van der Waals surface area (Å²) in [5, 5.41) is 0. The molecule has 0 spiro atoms. The number of anilines is 8. The topological polar surface area (TPSA) is 9.72 Å². The van der Waals surface area contributed by atoms with Crippen molar-refractivity contribution < 1.29 is 0 Å². The SMILES string of the molecule is CC1(C)c2ccccc2C(C)(C)c2cc(N3c4cc5c(cc4B4c6cc7c(cc6N(c6ccc8c(c6)C(C)(C)c6ccccc6C8(C)C)c6cc(N8c9ccccc9C9(C)CCCCC89C)cc3c64)C(C)(C)c3ccccc3C7(C)C)C(C)(C)c3ccccc3C5(C)C)ccc21. The van der Waals surface area contributed by atoms with Gasteiger partial charge in [0.15, 0.2) is 0 Å². The van der Waals surface area contributed by atoms with Crippen LogP contribution in [0.5, 0.6) is 0 Å². The number of hydrogen-bond donors (Lipinski definition) is 0. The van der Waals surface area contributed by atoms with Crippen LogP contribution in [0.15, 0.2) is 194 Å². The van der Waals surface area contributed by atoms with Crippen molar-refractivity contribution in [1.29, 1.82) is 0 Å². The third-order valence-electron chi connectivity index (χ3n) is 27.6. The maximum Gasteiger partial charge on any atom is 0.252 e. The van der Waals surface area contributed by atoms with Gasteiger partial charge in [0.25, 0.3) is 6.71 Å². The summed E-state index contributed by atoms with van der Waals surface area (Å²) in [5.41, 5.74) is 35.9. The normalized spacial score (nSPS) is 23.0. The first kappa shape index (κ1) is 60.1. The van der Waals surface area contributed by atoms with Crippen molar-refractivity contribution in [3.63, 3.8) is 0 Å². The van der Waals surface area contributed by atoms with Crippen molar-refractivity contribution >= 4 is 68.6 Å². The summed E-state index contributed by atoms with van der Waals surface area (Å²) in [4.78, 5) is 8.46. The molecule has 0 radical (unpaired) electrons. The molecule has 0 bridgehead atoms. The van der Waals surface area contributed by atoms with Crippen molar-refractivity contribution in [3.8, 4) is 0 Å². The third kappa shape index (κ3) is 7.27. The van der Waals surface area contributed by atoms with E-state index < -0.39 is 0 Å². The molecule has 10 aromatic rings. The van der Waals surface area contributed by atoms with Gasteiger partial charge in [-0.3, -0.25) is 0 Å². The summed E-state index contributed by atoms with van der Waals surface area (Å²) in [6, 6.07) is 78.6. The van der Waals surface area contributed by atoms with Crippen LogP contribution in [-0.4, -0.2) is 12.3 Å². The largest absolute Gasteiger partial charge is 0.334 e. The molecule has 2 unspecified atom stereocenters. The van der Waals surface area contributed by atoms with Gasteiger partial charge in [-0.2, -0.15) is 0 Å². The molecule has 0 N–H and O–H groups in total. The van der Waals surface area contributed by atoms with Gasteiger partial charge in [-0.15, -0.1) is 0 Å². The zero-order valence-electron chi connectivity index (χ0n) is 60.2. The minimum Gasteiger partial charge on any atom is -0.334 e. The maximum atomic E-state index is 2.87. The van der Waals surface area contributed by atoms with Crippen molar-refractivity contribution in [2.24, 2.45) is 0 Å². The second-order valence-electron chi connectivity index (χ2n) is 35.2. The number of hydrogen-bond acceptors (Lipinski definition) is 3. The van der Waals surface area contributed by atoms with Crippen LogP contribution in [0.4, 0.5) is 45.5 Å². The van der Waals surface area contributed by atoms with E-state index in [4.69, 9.17) is 0 Å². The highest BCUT2D eigenvalue weighted by molar-refractivity contribution is 7.00. The van der Waals surface area contributed by atoms with Gasteiger partial charge in [0.1, 0.15) is 0 Å². The lowest BCUT2D eigenvalue weighted by atomic mass is 9.32. The van der Waals surface area contributed by atoms with E-state index in [0.717, 1.165) is 12.8 Å². The number of benzene rings is 10. The smallest absolute Gasteiger partial charge is 0.252 e. The number of nitrogens with zero attached hydrogens (tertiary/aromatic N) is 3. The Morgan fingerprint density at radius 2 is 0.542 bits per heavy atom. The van der Waals surface area contributed by atoms with Gasteiger partial charge in [0.2, 0.25) is 0 Å². The molecule has 0 amide bonds. The summed E-state index contributed by atoms with van der Waals surface area (Å²) in [6.07, 6.45) is 4.70. The first-order valence-electron chi connectivity index (χ1n) is 36.2. The monoisotopic (exact) mass is 1250 g/mol. The van der Waals surface area contributed by atoms with Crippen molar-refractivity contribution in [2.75, 3.05) is 14.7 Å². The highest BCUT2D eigenvalue weighted by Crippen LogP contribution is 2.64. The fourth-order valence-corrected chi connectivity index (χ4v) is 21.8. The Kier molecular flexibility index (Phi) is 11.8. The molecule has 3 aliphatic heterocycles. The highest BCUT2D eigenvalue weighted by Gasteiger charge is 2.59. The Bertz CT molecular complexity index is 4830. The van der Waals surface area contributed by atoms with E-state index >= 15 is 0 Å². The van der Waals surface area contributed by atoms with E-state index in [9.17, 15) is 0 Å². The maximum absolute atomic E-state index is 2.87. The Morgan fingerprint density at radius 3 is 0.906 bits per heavy atom. The summed E-state index contributed by atoms with van der Waals surface area (Å²) >= 11 is 0. The van der Waals surface area contributed by atoms with Gasteiger partial charge in [0.05, 0.1) is 5.54 Å². The minimum absolute atomic E-state index is 0.0576. The first-order chi connectivity index (χ1) is 45.4. The molecule has 4 heteroatoms. The summed E-state index contributed by atoms with van der Waals surface area (Å²) in [6.45, 7) is 44.8. The second kappa shape index (κ2) is 18.9. The molecule has 10 aromatic carbocycles. The molecule has 2 atom stereocenters. The lowest BCUT2D eigenvalue weighted by Crippen LogP contribution is -2.62. The summed E-state index contributed by atoms with van der Waals surface area (Å²) in [7, 11) is 0. The molecular formula is C92H94BN3. The molecule has 0 aromatic heterocycles. The van der Waals surface area contributed by atoms with Crippen LogP contribution in [0, 0.1) is 0 Å². The minimum atomic E-state index is -0.293. The fraction of sp³-hybridized carbons (Fsp3) is 0.348. The predicted molar refractivity (Wildman–Crippen MR) is 406 cm³/mol. The molecule has 8 aliphatic rings. The molecule has 18 rings (SSSR count). The third-order valence-corrected chi connectivity index (χ3v) is 27.6. The fourth-order valence-electron chi connectivity index (χ4n) is 21.8. The molecular weight excluding hydrogens is 1160 g/mol. The van der Waals surface area contributed by atoms with E-state index in [1.807, 2.05) is 0 Å². The van der Waals surface area contributed by atoms with Crippen LogP contribution in [0.3, 0.4) is 0 Å². The zero-order chi connectivity index (χ0) is 66.9. The van der Waals surface area contributed by atoms with E-state index in [-0.39, 0.29) is 61.0 Å². The standard InChI is InChI=1S/C92H94BN3/c1-83(2)58-31-19-21-33-60(58)85(5,6)69-47-55(41-43-66(69)83)94-78-53-73-71(87(9,10)62-35-23-25-37-64(62)89(73,13)14)51-75(78)93-76-52-72-74(90(15,16)65-38-26-24-36-63(65)88(72,11)12)54-79(76)95(56-42-44-67-70(48-56)86(7,8)61-34-22-20-32-59(61)84(67,3)4)81-50-57(49-80(94)82(81)93)96-77-40-28-27-39-68(77)91(17)45-29-30-46-92(91,96)18/h19-28,31-44,47-54H,29-30,45-46H2,1-18H3. The van der Waals surface area contributed by atoms with Gasteiger partial charge in [0, 0.05) is 94.2 Å². The van der Waals surface area contributed by atoms with Crippen molar-refractivity contribution in [1.82, 2.24) is 0 Å². The first-order valence-corrected chi connectivity index (χ1v) is 36.2. The highest BCUT2D eigenvalue weighted by atomic mass is 15.3. The van der Waals surface area contributed by atoms with E-state index in [1.54, 1.807) is 0 Å².